The number of nitrogens with two attached hydrogens (primary N) is 1. The standard InChI is InChI=1S/C12H7Cl2FN4/c13-8-4-9(14)12(19-11(8)17)18-7-1-2-10(15)6(3-7)5-16/h1-4H,(H3,17,18,19). The number of nitrogens with zero attached hydrogens (tertiary/aromatic N) is 2. The first kappa shape index (κ1) is 13.4. The van der Waals surface area contributed by atoms with Crippen LogP contribution in [0.15, 0.2) is 24.3 Å². The van der Waals surface area contributed by atoms with Crippen molar-refractivity contribution >= 4 is 40.5 Å². The van der Waals surface area contributed by atoms with Crippen molar-refractivity contribution in [2.75, 3.05) is 11.1 Å². The summed E-state index contributed by atoms with van der Waals surface area (Å²) in [4.78, 5) is 3.97. The van der Waals surface area contributed by atoms with Crippen LogP contribution in [0.1, 0.15) is 5.56 Å². The molecule has 0 radical (unpaired) electrons. The van der Waals surface area contributed by atoms with Gasteiger partial charge in [0.05, 0.1) is 15.6 Å². The smallest absolute Gasteiger partial charge is 0.151 e. The van der Waals surface area contributed by atoms with Gasteiger partial charge in [-0.25, -0.2) is 9.37 Å². The van der Waals surface area contributed by atoms with Crippen LogP contribution in [0.4, 0.5) is 21.7 Å². The van der Waals surface area contributed by atoms with E-state index in [1.165, 1.54) is 24.3 Å². The minimum absolute atomic E-state index is 0.0805. The molecule has 19 heavy (non-hydrogen) atoms. The molecule has 0 saturated carbocycles. The van der Waals surface area contributed by atoms with Crippen LogP contribution in [0.3, 0.4) is 0 Å². The summed E-state index contributed by atoms with van der Waals surface area (Å²) < 4.78 is 13.2. The number of nitrogens with one attached hydrogen (secondary N) is 1. The number of nitriles is 1. The molecule has 0 spiro atoms. The number of hydrogen-bond donors (Lipinski definition) is 2. The van der Waals surface area contributed by atoms with Crippen LogP contribution in [0.5, 0.6) is 0 Å². The van der Waals surface area contributed by atoms with Crippen LogP contribution in [0.25, 0.3) is 0 Å². The second kappa shape index (κ2) is 5.31. The Hall–Kier alpha value is -2.03. The number of aromatic nitrogens is 1. The maximum atomic E-state index is 13.2. The highest BCUT2D eigenvalue weighted by atomic mass is 35.5. The number of nitrogen functional groups attached to an aromatic ring is 1. The summed E-state index contributed by atoms with van der Waals surface area (Å²) in [5.74, 6) is -0.196. The van der Waals surface area contributed by atoms with Crippen molar-refractivity contribution in [1.29, 1.82) is 5.26 Å². The molecule has 0 atom stereocenters. The number of anilines is 3. The summed E-state index contributed by atoms with van der Waals surface area (Å²) in [5, 5.41) is 12.1. The maximum absolute atomic E-state index is 13.2. The number of pyridine rings is 1. The van der Waals surface area contributed by atoms with Crippen molar-refractivity contribution in [3.63, 3.8) is 0 Å². The molecule has 0 fully saturated rings. The minimum Gasteiger partial charge on any atom is -0.382 e. The van der Waals surface area contributed by atoms with Crippen LogP contribution in [0, 0.1) is 17.1 Å². The molecule has 2 aromatic rings. The molecule has 0 unspecified atom stereocenters. The van der Waals surface area contributed by atoms with E-state index in [9.17, 15) is 4.39 Å². The zero-order valence-corrected chi connectivity index (χ0v) is 10.9. The van der Waals surface area contributed by atoms with Crippen LogP contribution < -0.4 is 11.1 Å². The van der Waals surface area contributed by atoms with Gasteiger partial charge >= 0.3 is 0 Å². The first-order valence-corrected chi connectivity index (χ1v) is 5.85. The predicted octanol–water partition coefficient (Wildman–Crippen LogP) is 3.72. The second-order valence-corrected chi connectivity index (χ2v) is 4.43. The van der Waals surface area contributed by atoms with E-state index in [4.69, 9.17) is 34.2 Å². The number of benzene rings is 1. The van der Waals surface area contributed by atoms with E-state index in [0.29, 0.717) is 5.69 Å². The molecule has 0 aliphatic rings. The Bertz CT molecular complexity index is 682. The van der Waals surface area contributed by atoms with Gasteiger partial charge in [-0.1, -0.05) is 23.2 Å². The van der Waals surface area contributed by atoms with E-state index in [0.717, 1.165) is 0 Å². The van der Waals surface area contributed by atoms with E-state index < -0.39 is 5.82 Å². The number of rotatable bonds is 2. The van der Waals surface area contributed by atoms with Gasteiger partial charge in [-0.3, -0.25) is 0 Å². The Balaban J connectivity index is 2.37. The fourth-order valence-corrected chi connectivity index (χ4v) is 1.80. The fourth-order valence-electron chi connectivity index (χ4n) is 1.39. The molecule has 3 N–H and O–H groups in total. The van der Waals surface area contributed by atoms with Gasteiger partial charge in [0.25, 0.3) is 0 Å². The summed E-state index contributed by atoms with van der Waals surface area (Å²) in [7, 11) is 0. The molecule has 0 aliphatic carbocycles. The van der Waals surface area contributed by atoms with Crippen molar-refractivity contribution in [1.82, 2.24) is 4.98 Å². The lowest BCUT2D eigenvalue weighted by Gasteiger charge is -2.09. The van der Waals surface area contributed by atoms with Crippen molar-refractivity contribution < 1.29 is 4.39 Å². The molecule has 96 valence electrons. The van der Waals surface area contributed by atoms with Gasteiger partial charge in [0.15, 0.2) is 5.82 Å². The van der Waals surface area contributed by atoms with Gasteiger partial charge < -0.3 is 11.1 Å². The normalized spacial score (nSPS) is 10.0. The summed E-state index contributed by atoms with van der Waals surface area (Å²) in [5.41, 5.74) is 5.96. The molecule has 0 amide bonds. The summed E-state index contributed by atoms with van der Waals surface area (Å²) in [6.45, 7) is 0. The van der Waals surface area contributed by atoms with Crippen LogP contribution in [-0.2, 0) is 0 Å². The molecule has 1 heterocycles. The summed E-state index contributed by atoms with van der Waals surface area (Å²) in [6.07, 6.45) is 0. The number of halogens is 3. The summed E-state index contributed by atoms with van der Waals surface area (Å²) >= 11 is 11.7. The Morgan fingerprint density at radius 3 is 2.68 bits per heavy atom. The van der Waals surface area contributed by atoms with Crippen molar-refractivity contribution in [3.05, 3.63) is 45.7 Å². The van der Waals surface area contributed by atoms with E-state index in [1.807, 2.05) is 0 Å². The van der Waals surface area contributed by atoms with Gasteiger partial charge in [-0.2, -0.15) is 5.26 Å². The lowest BCUT2D eigenvalue weighted by molar-refractivity contribution is 0.624. The predicted molar refractivity (Wildman–Crippen MR) is 73.1 cm³/mol. The SMILES string of the molecule is N#Cc1cc(Nc2nc(N)c(Cl)cc2Cl)ccc1F. The lowest BCUT2D eigenvalue weighted by atomic mass is 10.2. The quantitative estimate of drug-likeness (QED) is 0.885. The molecular weight excluding hydrogens is 290 g/mol. The van der Waals surface area contributed by atoms with Crippen molar-refractivity contribution in [2.24, 2.45) is 0 Å². The third kappa shape index (κ3) is 2.87. The Labute approximate surface area is 118 Å². The third-order valence-electron chi connectivity index (χ3n) is 2.31. The highest BCUT2D eigenvalue weighted by Gasteiger charge is 2.09. The first-order valence-electron chi connectivity index (χ1n) is 5.09. The molecule has 0 saturated heterocycles. The van der Waals surface area contributed by atoms with Crippen molar-refractivity contribution in [2.45, 2.75) is 0 Å². The van der Waals surface area contributed by atoms with Gasteiger partial charge in [0, 0.05) is 5.69 Å². The number of hydrogen-bond acceptors (Lipinski definition) is 4. The van der Waals surface area contributed by atoms with Crippen LogP contribution in [0.2, 0.25) is 10.0 Å². The average Bonchev–Trinajstić information content (AvgIpc) is 2.38. The Morgan fingerprint density at radius 1 is 1.26 bits per heavy atom. The maximum Gasteiger partial charge on any atom is 0.151 e. The molecule has 0 aliphatic heterocycles. The van der Waals surface area contributed by atoms with Crippen molar-refractivity contribution in [3.8, 4) is 6.07 Å². The molecule has 7 heteroatoms. The highest BCUT2D eigenvalue weighted by Crippen LogP contribution is 2.29. The van der Waals surface area contributed by atoms with Gasteiger partial charge in [-0.05, 0) is 24.3 Å². The molecule has 4 nitrogen and oxygen atoms in total. The molecular formula is C12H7Cl2FN4. The van der Waals surface area contributed by atoms with E-state index in [1.54, 1.807) is 6.07 Å². The molecule has 2 rings (SSSR count). The molecule has 1 aromatic carbocycles. The Morgan fingerprint density at radius 2 is 2.00 bits per heavy atom. The lowest BCUT2D eigenvalue weighted by Crippen LogP contribution is -1.99. The largest absolute Gasteiger partial charge is 0.382 e. The van der Waals surface area contributed by atoms with E-state index >= 15 is 0 Å². The molecule has 0 bridgehead atoms. The fraction of sp³-hybridized carbons (Fsp3) is 0. The van der Waals surface area contributed by atoms with E-state index in [-0.39, 0.29) is 27.2 Å². The first-order chi connectivity index (χ1) is 9.01. The second-order valence-electron chi connectivity index (χ2n) is 3.62. The molecule has 1 aromatic heterocycles. The topological polar surface area (TPSA) is 74.7 Å². The van der Waals surface area contributed by atoms with Gasteiger partial charge in [0.2, 0.25) is 0 Å². The summed E-state index contributed by atoms with van der Waals surface area (Å²) in [6, 6.07) is 7.17. The zero-order valence-electron chi connectivity index (χ0n) is 9.42. The third-order valence-corrected chi connectivity index (χ3v) is 2.90. The van der Waals surface area contributed by atoms with E-state index in [2.05, 4.69) is 10.3 Å². The Kier molecular flexibility index (Phi) is 3.74. The van der Waals surface area contributed by atoms with Gasteiger partial charge in [-0.15, -0.1) is 0 Å². The monoisotopic (exact) mass is 296 g/mol. The highest BCUT2D eigenvalue weighted by molar-refractivity contribution is 6.37. The zero-order chi connectivity index (χ0) is 14.0. The average molecular weight is 297 g/mol. The van der Waals surface area contributed by atoms with Crippen LogP contribution >= 0.6 is 23.2 Å². The van der Waals surface area contributed by atoms with Crippen LogP contribution in [-0.4, -0.2) is 4.98 Å². The minimum atomic E-state index is -0.595. The van der Waals surface area contributed by atoms with Gasteiger partial charge in [0.1, 0.15) is 17.7 Å².